The summed E-state index contributed by atoms with van der Waals surface area (Å²) in [4.78, 5) is 16.9. The number of nitrogens with zero attached hydrogens (tertiary/aromatic N) is 1. The molecule has 2 aromatic heterocycles. The van der Waals surface area contributed by atoms with E-state index in [0.717, 1.165) is 16.9 Å². The standard InChI is InChI=1S/C26H17ClN2O3/c27-19-8-6-18(7-9-19)26-29-22-16-20(10-13-24(22)32-26)28-25(30)15-12-21-11-14-23(31-21)17-4-2-1-3-5-17/h1-16H,(H,28,30)/b15-12+. The van der Waals surface area contributed by atoms with Crippen molar-refractivity contribution in [3.8, 4) is 22.8 Å². The zero-order valence-corrected chi connectivity index (χ0v) is 17.5. The number of hydrogen-bond acceptors (Lipinski definition) is 4. The molecule has 2 heterocycles. The van der Waals surface area contributed by atoms with E-state index in [4.69, 9.17) is 20.4 Å². The summed E-state index contributed by atoms with van der Waals surface area (Å²) < 4.78 is 11.6. The Bertz CT molecular complexity index is 1420. The molecule has 5 aromatic rings. The van der Waals surface area contributed by atoms with Gasteiger partial charge in [-0.2, -0.15) is 0 Å². The number of halogens is 1. The molecule has 0 unspecified atom stereocenters. The number of nitrogens with one attached hydrogen (secondary N) is 1. The molecular formula is C26H17ClN2O3. The number of furan rings is 1. The molecule has 32 heavy (non-hydrogen) atoms. The number of benzene rings is 3. The maximum atomic E-state index is 12.4. The van der Waals surface area contributed by atoms with Crippen LogP contribution in [0.2, 0.25) is 5.02 Å². The highest BCUT2D eigenvalue weighted by molar-refractivity contribution is 6.30. The fourth-order valence-corrected chi connectivity index (χ4v) is 3.39. The van der Waals surface area contributed by atoms with Crippen molar-refractivity contribution in [1.29, 1.82) is 0 Å². The molecular weight excluding hydrogens is 424 g/mol. The van der Waals surface area contributed by atoms with Crippen LogP contribution < -0.4 is 5.32 Å². The molecule has 1 amide bonds. The first kappa shape index (κ1) is 19.8. The van der Waals surface area contributed by atoms with E-state index in [-0.39, 0.29) is 5.91 Å². The zero-order valence-electron chi connectivity index (χ0n) is 16.8. The van der Waals surface area contributed by atoms with Gasteiger partial charge in [-0.15, -0.1) is 0 Å². The Hall–Kier alpha value is -4.09. The van der Waals surface area contributed by atoms with E-state index >= 15 is 0 Å². The van der Waals surface area contributed by atoms with Gasteiger partial charge in [0.1, 0.15) is 17.0 Å². The number of hydrogen-bond donors (Lipinski definition) is 1. The molecule has 0 aliphatic carbocycles. The van der Waals surface area contributed by atoms with E-state index in [2.05, 4.69) is 10.3 Å². The molecule has 5 rings (SSSR count). The third-order valence-corrected chi connectivity index (χ3v) is 5.08. The lowest BCUT2D eigenvalue weighted by molar-refractivity contribution is -0.111. The second-order valence-electron chi connectivity index (χ2n) is 7.10. The summed E-state index contributed by atoms with van der Waals surface area (Å²) in [5, 5.41) is 3.48. The number of rotatable bonds is 5. The number of carbonyl (C=O) groups is 1. The third-order valence-electron chi connectivity index (χ3n) is 4.83. The highest BCUT2D eigenvalue weighted by Crippen LogP contribution is 2.27. The fraction of sp³-hybridized carbons (Fsp3) is 0. The molecule has 1 N–H and O–H groups in total. The topological polar surface area (TPSA) is 68.3 Å². The minimum absolute atomic E-state index is 0.275. The Morgan fingerprint density at radius 1 is 0.875 bits per heavy atom. The first-order chi connectivity index (χ1) is 15.6. The summed E-state index contributed by atoms with van der Waals surface area (Å²) in [6.07, 6.45) is 3.06. The Balaban J connectivity index is 1.28. The molecule has 0 saturated heterocycles. The average molecular weight is 441 g/mol. The summed E-state index contributed by atoms with van der Waals surface area (Å²) >= 11 is 5.94. The minimum Gasteiger partial charge on any atom is -0.457 e. The van der Waals surface area contributed by atoms with Crippen molar-refractivity contribution in [2.45, 2.75) is 0 Å². The van der Waals surface area contributed by atoms with Crippen molar-refractivity contribution in [3.63, 3.8) is 0 Å². The van der Waals surface area contributed by atoms with Gasteiger partial charge in [-0.25, -0.2) is 4.98 Å². The normalized spacial score (nSPS) is 11.3. The quantitative estimate of drug-likeness (QED) is 0.297. The second-order valence-corrected chi connectivity index (χ2v) is 7.54. The summed E-state index contributed by atoms with van der Waals surface area (Å²) in [6.45, 7) is 0. The molecule has 0 bridgehead atoms. The Labute approximate surface area is 189 Å². The van der Waals surface area contributed by atoms with E-state index in [1.807, 2.05) is 54.6 Å². The Morgan fingerprint density at radius 3 is 2.50 bits per heavy atom. The van der Waals surface area contributed by atoms with Crippen LogP contribution >= 0.6 is 11.6 Å². The fourth-order valence-electron chi connectivity index (χ4n) is 3.26. The van der Waals surface area contributed by atoms with Crippen molar-refractivity contribution in [2.75, 3.05) is 5.32 Å². The lowest BCUT2D eigenvalue weighted by Gasteiger charge is -2.00. The first-order valence-electron chi connectivity index (χ1n) is 9.95. The molecule has 0 saturated carbocycles. The first-order valence-corrected chi connectivity index (χ1v) is 10.3. The van der Waals surface area contributed by atoms with Crippen molar-refractivity contribution in [2.24, 2.45) is 0 Å². The van der Waals surface area contributed by atoms with E-state index < -0.39 is 0 Å². The van der Waals surface area contributed by atoms with Gasteiger partial charge in [0.25, 0.3) is 0 Å². The molecule has 6 heteroatoms. The molecule has 0 atom stereocenters. The van der Waals surface area contributed by atoms with Crippen molar-refractivity contribution in [1.82, 2.24) is 4.98 Å². The average Bonchev–Trinajstić information content (AvgIpc) is 3.46. The number of anilines is 1. The number of carbonyl (C=O) groups excluding carboxylic acids is 1. The van der Waals surface area contributed by atoms with Crippen LogP contribution in [0.15, 0.2) is 99.8 Å². The summed E-state index contributed by atoms with van der Waals surface area (Å²) in [5.74, 6) is 1.56. The van der Waals surface area contributed by atoms with Crippen molar-refractivity contribution < 1.29 is 13.6 Å². The van der Waals surface area contributed by atoms with Gasteiger partial charge in [-0.3, -0.25) is 4.79 Å². The maximum Gasteiger partial charge on any atom is 0.248 e. The molecule has 0 aliphatic heterocycles. The van der Waals surface area contributed by atoms with Gasteiger partial charge < -0.3 is 14.2 Å². The number of aromatic nitrogens is 1. The van der Waals surface area contributed by atoms with Gasteiger partial charge in [0.2, 0.25) is 11.8 Å². The molecule has 3 aromatic carbocycles. The van der Waals surface area contributed by atoms with Crippen LogP contribution in [-0.2, 0) is 4.79 Å². The van der Waals surface area contributed by atoms with Crippen LogP contribution in [0, 0.1) is 0 Å². The molecule has 0 fully saturated rings. The minimum atomic E-state index is -0.275. The molecule has 156 valence electrons. The van der Waals surface area contributed by atoms with Crippen LogP contribution in [0.5, 0.6) is 0 Å². The van der Waals surface area contributed by atoms with Crippen LogP contribution in [0.25, 0.3) is 40.0 Å². The van der Waals surface area contributed by atoms with Gasteiger partial charge in [-0.05, 0) is 60.7 Å². The summed E-state index contributed by atoms with van der Waals surface area (Å²) in [5.41, 5.74) is 3.71. The number of oxazole rings is 1. The van der Waals surface area contributed by atoms with Crippen LogP contribution in [0.3, 0.4) is 0 Å². The molecule has 0 aliphatic rings. The SMILES string of the molecule is O=C(/C=C/c1ccc(-c2ccccc2)o1)Nc1ccc2oc(-c3ccc(Cl)cc3)nc2c1. The van der Waals surface area contributed by atoms with Crippen molar-refractivity contribution in [3.05, 3.63) is 102 Å². The van der Waals surface area contributed by atoms with E-state index in [9.17, 15) is 4.79 Å². The number of amides is 1. The van der Waals surface area contributed by atoms with E-state index in [1.54, 1.807) is 36.4 Å². The Morgan fingerprint density at radius 2 is 1.69 bits per heavy atom. The lowest BCUT2D eigenvalue weighted by atomic mass is 10.2. The maximum absolute atomic E-state index is 12.4. The molecule has 0 spiro atoms. The Kier molecular flexibility index (Phi) is 5.32. The second kappa shape index (κ2) is 8.57. The number of fused-ring (bicyclic) bond motifs is 1. The predicted molar refractivity (Wildman–Crippen MR) is 126 cm³/mol. The highest BCUT2D eigenvalue weighted by atomic mass is 35.5. The van der Waals surface area contributed by atoms with E-state index in [1.165, 1.54) is 6.08 Å². The van der Waals surface area contributed by atoms with E-state index in [0.29, 0.717) is 33.5 Å². The smallest absolute Gasteiger partial charge is 0.248 e. The largest absolute Gasteiger partial charge is 0.457 e. The zero-order chi connectivity index (χ0) is 21.9. The van der Waals surface area contributed by atoms with Crippen LogP contribution in [0.1, 0.15) is 5.76 Å². The van der Waals surface area contributed by atoms with Crippen molar-refractivity contribution >= 4 is 40.4 Å². The van der Waals surface area contributed by atoms with Gasteiger partial charge in [0, 0.05) is 27.9 Å². The summed E-state index contributed by atoms with van der Waals surface area (Å²) in [6, 6.07) is 26.1. The van der Waals surface area contributed by atoms with Crippen LogP contribution in [-0.4, -0.2) is 10.9 Å². The van der Waals surface area contributed by atoms with Gasteiger partial charge in [-0.1, -0.05) is 41.9 Å². The molecule has 0 radical (unpaired) electrons. The summed E-state index contributed by atoms with van der Waals surface area (Å²) in [7, 11) is 0. The molecule has 5 nitrogen and oxygen atoms in total. The monoisotopic (exact) mass is 440 g/mol. The van der Waals surface area contributed by atoms with Gasteiger partial charge in [0.15, 0.2) is 5.58 Å². The van der Waals surface area contributed by atoms with Crippen LogP contribution in [0.4, 0.5) is 5.69 Å². The van der Waals surface area contributed by atoms with Gasteiger partial charge in [0.05, 0.1) is 0 Å². The predicted octanol–water partition coefficient (Wildman–Crippen LogP) is 7.06. The lowest BCUT2D eigenvalue weighted by Crippen LogP contribution is -2.07. The third kappa shape index (κ3) is 4.33. The highest BCUT2D eigenvalue weighted by Gasteiger charge is 2.10. The van der Waals surface area contributed by atoms with Gasteiger partial charge >= 0.3 is 0 Å².